The van der Waals surface area contributed by atoms with E-state index < -0.39 is 0 Å². The van der Waals surface area contributed by atoms with Crippen molar-refractivity contribution in [3.05, 3.63) is 384 Å². The van der Waals surface area contributed by atoms with Crippen LogP contribution >= 0.6 is 0 Å². The van der Waals surface area contributed by atoms with E-state index in [4.69, 9.17) is 0 Å². The molecule has 14 aromatic rings. The zero-order chi connectivity index (χ0) is 83.7. The van der Waals surface area contributed by atoms with Gasteiger partial charge in [-0.1, -0.05) is 202 Å². The van der Waals surface area contributed by atoms with Crippen molar-refractivity contribution in [2.24, 2.45) is 0 Å². The summed E-state index contributed by atoms with van der Waals surface area (Å²) in [6.45, 7) is 21.2. The highest BCUT2D eigenvalue weighted by atomic mass is 15.2. The van der Waals surface area contributed by atoms with Crippen LogP contribution in [0.2, 0.25) is 0 Å². The lowest BCUT2D eigenvalue weighted by Gasteiger charge is -2.31. The molecule has 0 saturated heterocycles. The lowest BCUT2D eigenvalue weighted by atomic mass is 10.1. The van der Waals surface area contributed by atoms with Gasteiger partial charge in [0.15, 0.2) is 0 Å². The first-order valence-electron chi connectivity index (χ1n) is 45.4. The molecule has 7 nitrogen and oxygen atoms in total. The van der Waals surface area contributed by atoms with Gasteiger partial charge in [-0.05, 0) is 373 Å². The zero-order valence-electron chi connectivity index (χ0n) is 73.3. The Morgan fingerprint density at radius 2 is 0.256 bits per heavy atom. The molecule has 0 unspecified atom stereocenters. The van der Waals surface area contributed by atoms with Crippen LogP contribution in [0.5, 0.6) is 0 Å². The van der Waals surface area contributed by atoms with E-state index in [1.165, 1.54) is 114 Å². The molecule has 0 N–H and O–H groups in total. The van der Waals surface area contributed by atoms with Gasteiger partial charge in [0.05, 0.1) is 0 Å². The second-order valence-corrected chi connectivity index (χ2v) is 32.9. The molecule has 0 aromatic heterocycles. The summed E-state index contributed by atoms with van der Waals surface area (Å²) in [5.74, 6) is 0. The molecule has 0 aliphatic rings. The molecule has 0 aliphatic carbocycles. The fraction of sp³-hybridized carbons (Fsp3) is 0.263. The van der Waals surface area contributed by atoms with Crippen molar-refractivity contribution >= 4 is 114 Å². The molecule has 0 spiro atoms. The Labute approximate surface area is 724 Å². The second kappa shape index (κ2) is 42.6. The third-order valence-electron chi connectivity index (χ3n) is 23.7. The van der Waals surface area contributed by atoms with Crippen LogP contribution in [0.15, 0.2) is 340 Å². The highest BCUT2D eigenvalue weighted by Gasteiger charge is 2.24. The summed E-state index contributed by atoms with van der Waals surface area (Å²) in [7, 11) is 0. The predicted octanol–water partition coefficient (Wildman–Crippen LogP) is 34.1. The number of hydrogen-bond acceptors (Lipinski definition) is 7. The molecule has 616 valence electrons. The summed E-state index contributed by atoms with van der Waals surface area (Å²) in [5, 5.41) is 0. The summed E-state index contributed by atoms with van der Waals surface area (Å²) in [6.07, 6.45) is 22.8. The molecule has 0 fully saturated rings. The Bertz CT molecular complexity index is 5370. The normalized spacial score (nSPS) is 11.2. The van der Waals surface area contributed by atoms with Crippen molar-refractivity contribution in [1.29, 1.82) is 0 Å². The van der Waals surface area contributed by atoms with Crippen LogP contribution in [-0.2, 0) is 38.5 Å². The van der Waals surface area contributed by atoms with Crippen molar-refractivity contribution in [1.82, 2.24) is 0 Å². The Kier molecular flexibility index (Phi) is 29.9. The molecule has 0 heterocycles. The molecule has 0 atom stereocenters. The number of nitrogens with zero attached hydrogens (tertiary/aromatic N) is 7. The summed E-state index contributed by atoms with van der Waals surface area (Å²) >= 11 is 0. The molecule has 7 heteroatoms. The highest BCUT2D eigenvalue weighted by Crippen LogP contribution is 2.47. The van der Waals surface area contributed by atoms with E-state index in [0.717, 1.165) is 180 Å². The minimum atomic E-state index is 0.949. The number of rotatable bonds is 41. The maximum absolute atomic E-state index is 2.50. The third kappa shape index (κ3) is 21.7. The van der Waals surface area contributed by atoms with Gasteiger partial charge in [0.2, 0.25) is 0 Å². The highest BCUT2D eigenvalue weighted by molar-refractivity contribution is 5.88. The first kappa shape index (κ1) is 85.1. The molecular formula is C114H125N7. The topological polar surface area (TPSA) is 22.7 Å². The van der Waals surface area contributed by atoms with Crippen LogP contribution in [0.25, 0.3) is 0 Å². The second-order valence-electron chi connectivity index (χ2n) is 32.9. The van der Waals surface area contributed by atoms with Crippen LogP contribution < -0.4 is 34.3 Å². The molecule has 14 aromatic carbocycles. The van der Waals surface area contributed by atoms with Gasteiger partial charge in [-0.15, -0.1) is 0 Å². The van der Waals surface area contributed by atoms with Crippen molar-refractivity contribution in [3.63, 3.8) is 0 Å². The lowest BCUT2D eigenvalue weighted by Crippen LogP contribution is -2.18. The van der Waals surface area contributed by atoms with Crippen LogP contribution in [0.3, 0.4) is 0 Å². The molecule has 0 saturated carbocycles. The smallest absolute Gasteiger partial charge is 0.0463 e. The van der Waals surface area contributed by atoms with Gasteiger partial charge in [-0.3, -0.25) is 0 Å². The van der Waals surface area contributed by atoms with Crippen LogP contribution in [0, 0.1) is 13.8 Å². The van der Waals surface area contributed by atoms with Gasteiger partial charge in [0.1, 0.15) is 0 Å². The number of aryl methyl sites for hydroxylation is 8. The van der Waals surface area contributed by atoms with E-state index in [9.17, 15) is 0 Å². The zero-order valence-corrected chi connectivity index (χ0v) is 73.3. The van der Waals surface area contributed by atoms with E-state index >= 15 is 0 Å². The fourth-order valence-corrected chi connectivity index (χ4v) is 16.5. The van der Waals surface area contributed by atoms with E-state index in [0.29, 0.717) is 0 Å². The van der Waals surface area contributed by atoms with Gasteiger partial charge < -0.3 is 34.3 Å². The summed E-state index contributed by atoms with van der Waals surface area (Å²) in [4.78, 5) is 16.9. The monoisotopic (exact) mass is 1590 g/mol. The quantitative estimate of drug-likeness (QED) is 0.0376. The fourth-order valence-electron chi connectivity index (χ4n) is 16.5. The Morgan fingerprint density at radius 3 is 0.397 bits per heavy atom. The number of unbranched alkanes of at least 4 members (excludes halogenated alkanes) is 7. The molecule has 0 radical (unpaired) electrons. The summed E-state index contributed by atoms with van der Waals surface area (Å²) in [6, 6.07) is 129. The van der Waals surface area contributed by atoms with E-state index in [-0.39, 0.29) is 0 Å². The number of hydrogen-bond donors (Lipinski definition) is 0. The minimum absolute atomic E-state index is 0.949. The van der Waals surface area contributed by atoms with Crippen molar-refractivity contribution in [3.8, 4) is 0 Å². The van der Waals surface area contributed by atoms with Gasteiger partial charge in [-0.2, -0.15) is 0 Å². The molecule has 14 rings (SSSR count). The Hall–Kier alpha value is -12.3. The van der Waals surface area contributed by atoms with E-state index in [1.54, 1.807) is 0 Å². The van der Waals surface area contributed by atoms with Gasteiger partial charge in [0, 0.05) is 120 Å². The van der Waals surface area contributed by atoms with Crippen LogP contribution in [0.1, 0.15) is 183 Å². The number of benzene rings is 14. The standard InChI is InChI=1S/C114H125N7/c1-10-17-24-89-34-50-95(51-35-89)115(86-23-16-7)96-62-64-104(65-63-96)119(102-58-42-93(43-59-102)28-21-14-5)109-78-84-114(85-79-109)121(112-80-66-105(67-81-112)116(97-46-30-87(8)31-47-97)99-52-36-90(37-53-99)25-18-11-2)113-82-70-107(71-83-113)117(98-48-32-88(9)33-49-98)106-68-74-110(75-69-106)120(103-60-44-94(45-61-103)29-22-15-6)111-76-72-108(73-77-111)118(100-54-38-91(39-55-100)26-19-12-3)101-56-40-92(41-57-101)27-20-13-4/h30-85H,10-29,86H2,1-9H3. The Morgan fingerprint density at radius 1 is 0.140 bits per heavy atom. The molecule has 0 amide bonds. The summed E-state index contributed by atoms with van der Waals surface area (Å²) in [5.41, 5.74) is 32.7. The SMILES string of the molecule is CCCCc1ccc(N(CCCC)c2ccc(N(c3ccc(CCCC)cc3)c3ccc(N(c4ccc(N(c5ccc(C)cc5)c5ccc(CCCC)cc5)cc4)c4ccc(N(c5ccc(C)cc5)c5ccc(N(c6ccc(CCCC)cc6)c6ccc(N(c7ccc(CCCC)cc7)c7ccc(CCCC)cc7)cc6)cc5)cc4)cc3)cc2)cc1. The first-order chi connectivity index (χ1) is 59.5. The minimum Gasteiger partial charge on any atom is -0.341 e. The maximum Gasteiger partial charge on any atom is 0.0463 e. The van der Waals surface area contributed by atoms with E-state index in [2.05, 4.69) is 436 Å². The van der Waals surface area contributed by atoms with Gasteiger partial charge in [-0.25, -0.2) is 0 Å². The maximum atomic E-state index is 2.50. The molecule has 121 heavy (non-hydrogen) atoms. The third-order valence-corrected chi connectivity index (χ3v) is 23.7. The van der Waals surface area contributed by atoms with Crippen molar-refractivity contribution in [2.45, 2.75) is 191 Å². The Balaban J connectivity index is 0.834. The summed E-state index contributed by atoms with van der Waals surface area (Å²) < 4.78 is 0. The number of anilines is 20. The predicted molar refractivity (Wildman–Crippen MR) is 524 cm³/mol. The van der Waals surface area contributed by atoms with E-state index in [1.807, 2.05) is 0 Å². The molecule has 0 aliphatic heterocycles. The van der Waals surface area contributed by atoms with Gasteiger partial charge >= 0.3 is 0 Å². The molecule has 0 bridgehead atoms. The lowest BCUT2D eigenvalue weighted by molar-refractivity contribution is 0.783. The first-order valence-corrected chi connectivity index (χ1v) is 45.4. The molecular weight excluding hydrogens is 1470 g/mol. The van der Waals surface area contributed by atoms with Crippen LogP contribution in [-0.4, -0.2) is 6.54 Å². The van der Waals surface area contributed by atoms with Gasteiger partial charge in [0.25, 0.3) is 0 Å². The van der Waals surface area contributed by atoms with Crippen LogP contribution in [0.4, 0.5) is 114 Å². The average molecular weight is 1590 g/mol. The largest absolute Gasteiger partial charge is 0.341 e. The van der Waals surface area contributed by atoms with Crippen molar-refractivity contribution < 1.29 is 0 Å². The average Bonchev–Trinajstić information content (AvgIpc) is 0.779. The van der Waals surface area contributed by atoms with Crippen molar-refractivity contribution in [2.75, 3.05) is 40.8 Å².